The van der Waals surface area contributed by atoms with E-state index in [0.29, 0.717) is 4.47 Å². The lowest BCUT2D eigenvalue weighted by Gasteiger charge is -2.18. The molecule has 0 radical (unpaired) electrons. The molecule has 108 valence electrons. The average molecular weight is 340 g/mol. The molecule has 5 heteroatoms. The molecule has 0 aliphatic heterocycles. The molecule has 1 aromatic carbocycles. The number of rotatable bonds is 6. The van der Waals surface area contributed by atoms with Crippen molar-refractivity contribution in [3.8, 4) is 0 Å². The largest absolute Gasteiger partial charge is 0.310 e. The van der Waals surface area contributed by atoms with Crippen molar-refractivity contribution in [1.29, 1.82) is 0 Å². The van der Waals surface area contributed by atoms with E-state index >= 15 is 0 Å². The van der Waals surface area contributed by atoms with Crippen molar-refractivity contribution in [3.63, 3.8) is 0 Å². The van der Waals surface area contributed by atoms with Crippen LogP contribution in [-0.2, 0) is 13.5 Å². The Morgan fingerprint density at radius 1 is 1.45 bits per heavy atom. The summed E-state index contributed by atoms with van der Waals surface area (Å²) in [6.45, 7) is 2.96. The van der Waals surface area contributed by atoms with Crippen LogP contribution in [-0.4, -0.2) is 16.3 Å². The molecule has 1 heterocycles. The second kappa shape index (κ2) is 6.99. The van der Waals surface area contributed by atoms with E-state index in [1.54, 1.807) is 0 Å². The number of nitrogens with one attached hydrogen (secondary N) is 1. The fourth-order valence-electron chi connectivity index (χ4n) is 2.27. The number of aromatic nitrogens is 2. The Morgan fingerprint density at radius 2 is 2.25 bits per heavy atom. The molecule has 1 unspecified atom stereocenters. The lowest BCUT2D eigenvalue weighted by atomic mass is 10.00. The first kappa shape index (κ1) is 15.2. The highest BCUT2D eigenvalue weighted by Crippen LogP contribution is 2.24. The maximum Gasteiger partial charge on any atom is 0.137 e. The van der Waals surface area contributed by atoms with Gasteiger partial charge >= 0.3 is 0 Å². The summed E-state index contributed by atoms with van der Waals surface area (Å²) in [5.41, 5.74) is 2.32. The molecule has 20 heavy (non-hydrogen) atoms. The van der Waals surface area contributed by atoms with Crippen LogP contribution in [0.2, 0.25) is 0 Å². The molecule has 1 aromatic heterocycles. The van der Waals surface area contributed by atoms with Crippen LogP contribution in [0.15, 0.2) is 35.1 Å². The zero-order chi connectivity index (χ0) is 14.5. The summed E-state index contributed by atoms with van der Waals surface area (Å²) in [6, 6.07) is 5.42. The van der Waals surface area contributed by atoms with Crippen molar-refractivity contribution in [1.82, 2.24) is 15.1 Å². The van der Waals surface area contributed by atoms with Crippen LogP contribution in [0, 0.1) is 5.82 Å². The lowest BCUT2D eigenvalue weighted by molar-refractivity contribution is 0.513. The predicted octanol–water partition coefficient (Wildman–Crippen LogP) is 3.61. The van der Waals surface area contributed by atoms with Crippen molar-refractivity contribution in [2.75, 3.05) is 6.54 Å². The van der Waals surface area contributed by atoms with E-state index in [-0.39, 0.29) is 11.9 Å². The number of aryl methyl sites for hydroxylation is 2. The molecule has 2 aromatic rings. The quantitative estimate of drug-likeness (QED) is 0.871. The van der Waals surface area contributed by atoms with Gasteiger partial charge in [0.05, 0.1) is 10.7 Å². The Kier molecular flexibility index (Phi) is 5.31. The standard InChI is InChI=1S/C15H19BrFN3/c1-3-18-15(7-4-11-9-19-20(2)10-11)12-5-6-14(17)13(16)8-12/h5-6,8-10,15,18H,3-4,7H2,1-2H3. The topological polar surface area (TPSA) is 29.9 Å². The van der Waals surface area contributed by atoms with Gasteiger partial charge in [0.2, 0.25) is 0 Å². The molecular formula is C15H19BrFN3. The zero-order valence-corrected chi connectivity index (χ0v) is 13.3. The number of hydrogen-bond acceptors (Lipinski definition) is 2. The second-order valence-corrected chi connectivity index (χ2v) is 5.70. The van der Waals surface area contributed by atoms with Crippen LogP contribution >= 0.6 is 15.9 Å². The molecule has 0 fully saturated rings. The van der Waals surface area contributed by atoms with Crippen LogP contribution < -0.4 is 5.32 Å². The van der Waals surface area contributed by atoms with Gasteiger partial charge in [0.15, 0.2) is 0 Å². The summed E-state index contributed by atoms with van der Waals surface area (Å²) in [5.74, 6) is -0.226. The van der Waals surface area contributed by atoms with Crippen molar-refractivity contribution >= 4 is 15.9 Å². The zero-order valence-electron chi connectivity index (χ0n) is 11.7. The minimum Gasteiger partial charge on any atom is -0.310 e. The summed E-state index contributed by atoms with van der Waals surface area (Å²) in [6.07, 6.45) is 5.82. The van der Waals surface area contributed by atoms with E-state index in [2.05, 4.69) is 33.3 Å². The van der Waals surface area contributed by atoms with Gasteiger partial charge in [-0.25, -0.2) is 4.39 Å². The summed E-state index contributed by atoms with van der Waals surface area (Å²) < 4.78 is 15.6. The minimum atomic E-state index is -0.226. The maximum absolute atomic E-state index is 13.3. The summed E-state index contributed by atoms with van der Waals surface area (Å²) in [4.78, 5) is 0. The fraction of sp³-hybridized carbons (Fsp3) is 0.400. The van der Waals surface area contributed by atoms with Crippen LogP contribution in [0.25, 0.3) is 0 Å². The smallest absolute Gasteiger partial charge is 0.137 e. The van der Waals surface area contributed by atoms with E-state index in [4.69, 9.17) is 0 Å². The molecule has 0 saturated heterocycles. The van der Waals surface area contributed by atoms with Gasteiger partial charge in [0, 0.05) is 19.3 Å². The Hall–Kier alpha value is -1.20. The molecular weight excluding hydrogens is 321 g/mol. The molecule has 0 saturated carbocycles. The van der Waals surface area contributed by atoms with E-state index in [9.17, 15) is 4.39 Å². The third-order valence-electron chi connectivity index (χ3n) is 3.28. The number of nitrogens with zero attached hydrogens (tertiary/aromatic N) is 2. The predicted molar refractivity (Wildman–Crippen MR) is 82.0 cm³/mol. The van der Waals surface area contributed by atoms with Crippen molar-refractivity contribution in [2.45, 2.75) is 25.8 Å². The maximum atomic E-state index is 13.3. The Labute approximate surface area is 127 Å². The first-order valence-corrected chi connectivity index (χ1v) is 7.55. The van der Waals surface area contributed by atoms with E-state index in [1.165, 1.54) is 11.6 Å². The minimum absolute atomic E-state index is 0.220. The van der Waals surface area contributed by atoms with Gasteiger partial charge < -0.3 is 5.32 Å². The highest BCUT2D eigenvalue weighted by Gasteiger charge is 2.12. The summed E-state index contributed by atoms with van der Waals surface area (Å²) in [7, 11) is 1.92. The third kappa shape index (κ3) is 3.90. The molecule has 0 spiro atoms. The number of hydrogen-bond donors (Lipinski definition) is 1. The molecule has 3 nitrogen and oxygen atoms in total. The Balaban J connectivity index is 2.07. The monoisotopic (exact) mass is 339 g/mol. The van der Waals surface area contributed by atoms with Gasteiger partial charge in [-0.05, 0) is 58.6 Å². The molecule has 0 aliphatic carbocycles. The van der Waals surface area contributed by atoms with Crippen molar-refractivity contribution < 1.29 is 4.39 Å². The van der Waals surface area contributed by atoms with Crippen LogP contribution in [0.4, 0.5) is 4.39 Å². The second-order valence-electron chi connectivity index (χ2n) is 4.84. The molecule has 1 N–H and O–H groups in total. The summed E-state index contributed by atoms with van der Waals surface area (Å²) >= 11 is 3.25. The van der Waals surface area contributed by atoms with Gasteiger partial charge in [0.25, 0.3) is 0 Å². The normalized spacial score (nSPS) is 12.6. The van der Waals surface area contributed by atoms with E-state index < -0.39 is 0 Å². The van der Waals surface area contributed by atoms with Gasteiger partial charge in [-0.2, -0.15) is 5.10 Å². The number of benzene rings is 1. The van der Waals surface area contributed by atoms with Crippen LogP contribution in [0.3, 0.4) is 0 Å². The highest BCUT2D eigenvalue weighted by atomic mass is 79.9. The van der Waals surface area contributed by atoms with Gasteiger partial charge in [-0.1, -0.05) is 13.0 Å². The summed E-state index contributed by atoms with van der Waals surface area (Å²) in [5, 5.41) is 7.63. The first-order valence-electron chi connectivity index (χ1n) is 6.76. The molecule has 0 aliphatic rings. The van der Waals surface area contributed by atoms with Gasteiger partial charge in [0.1, 0.15) is 5.82 Å². The molecule has 2 rings (SSSR count). The molecule has 1 atom stereocenters. The van der Waals surface area contributed by atoms with Crippen LogP contribution in [0.1, 0.15) is 30.5 Å². The first-order chi connectivity index (χ1) is 9.60. The number of halogens is 2. The molecule has 0 bridgehead atoms. The SMILES string of the molecule is CCNC(CCc1cnn(C)c1)c1ccc(F)c(Br)c1. The van der Waals surface area contributed by atoms with Crippen LogP contribution in [0.5, 0.6) is 0 Å². The van der Waals surface area contributed by atoms with Gasteiger partial charge in [-0.15, -0.1) is 0 Å². The van der Waals surface area contributed by atoms with Crippen molar-refractivity contribution in [2.24, 2.45) is 7.05 Å². The Bertz CT molecular complexity index is 568. The fourth-order valence-corrected chi connectivity index (χ4v) is 2.67. The highest BCUT2D eigenvalue weighted by molar-refractivity contribution is 9.10. The van der Waals surface area contributed by atoms with Crippen molar-refractivity contribution in [3.05, 3.63) is 52.0 Å². The van der Waals surface area contributed by atoms with E-state index in [0.717, 1.165) is 24.9 Å². The molecule has 0 amide bonds. The third-order valence-corrected chi connectivity index (χ3v) is 3.88. The van der Waals surface area contributed by atoms with Gasteiger partial charge in [-0.3, -0.25) is 4.68 Å². The lowest BCUT2D eigenvalue weighted by Crippen LogP contribution is -2.21. The Morgan fingerprint density at radius 3 is 2.85 bits per heavy atom. The average Bonchev–Trinajstić information content (AvgIpc) is 2.84. The van der Waals surface area contributed by atoms with E-state index in [1.807, 2.05) is 36.3 Å².